The number of hydrogen-bond acceptors (Lipinski definition) is 5. The predicted octanol–water partition coefficient (Wildman–Crippen LogP) is 0.905. The first-order chi connectivity index (χ1) is 10.7. The Morgan fingerprint density at radius 2 is 2.23 bits per heavy atom. The van der Waals surface area contributed by atoms with Crippen molar-refractivity contribution in [2.24, 2.45) is 0 Å². The minimum Gasteiger partial charge on any atom is -0.495 e. The lowest BCUT2D eigenvalue weighted by atomic mass is 10.1. The van der Waals surface area contributed by atoms with Gasteiger partial charge in [-0.1, -0.05) is 6.07 Å². The number of benzene rings is 1. The summed E-state index contributed by atoms with van der Waals surface area (Å²) in [5.74, 6) is 0.733. The van der Waals surface area contributed by atoms with Crippen LogP contribution >= 0.6 is 0 Å². The molecule has 0 radical (unpaired) electrons. The summed E-state index contributed by atoms with van der Waals surface area (Å²) in [6.07, 6.45) is 0.473. The number of morpholine rings is 1. The zero-order valence-corrected chi connectivity index (χ0v) is 12.8. The average molecular weight is 303 g/mol. The highest BCUT2D eigenvalue weighted by Gasteiger charge is 2.15. The lowest BCUT2D eigenvalue weighted by molar-refractivity contribution is -0.135. The van der Waals surface area contributed by atoms with E-state index in [0.29, 0.717) is 57.1 Å². The summed E-state index contributed by atoms with van der Waals surface area (Å²) in [6.45, 7) is 3.86. The Morgan fingerprint density at radius 1 is 1.45 bits per heavy atom. The molecule has 1 aliphatic rings. The lowest BCUT2D eigenvalue weighted by Gasteiger charge is -2.26. The fourth-order valence-electron chi connectivity index (χ4n) is 2.35. The van der Waals surface area contributed by atoms with Crippen molar-refractivity contribution in [1.82, 2.24) is 10.2 Å². The van der Waals surface area contributed by atoms with Crippen LogP contribution in [0.25, 0.3) is 0 Å². The van der Waals surface area contributed by atoms with Crippen LogP contribution in [0.1, 0.15) is 17.5 Å². The summed E-state index contributed by atoms with van der Waals surface area (Å²) < 4.78 is 10.3. The van der Waals surface area contributed by atoms with Crippen LogP contribution in [0, 0.1) is 11.3 Å². The van der Waals surface area contributed by atoms with E-state index in [9.17, 15) is 4.79 Å². The minimum absolute atomic E-state index is 0.156. The van der Waals surface area contributed by atoms with Crippen LogP contribution in [-0.4, -0.2) is 50.8 Å². The number of methoxy groups -OCH3 is 1. The van der Waals surface area contributed by atoms with Gasteiger partial charge in [0.05, 0.1) is 25.9 Å². The van der Waals surface area contributed by atoms with Gasteiger partial charge in [0, 0.05) is 32.6 Å². The van der Waals surface area contributed by atoms with Crippen LogP contribution < -0.4 is 10.1 Å². The number of nitriles is 1. The number of rotatable bonds is 6. The number of carbonyl (C=O) groups excluding carboxylic acids is 1. The van der Waals surface area contributed by atoms with E-state index in [0.717, 1.165) is 5.56 Å². The molecule has 1 heterocycles. The number of hydrogen-bond donors (Lipinski definition) is 1. The normalized spacial score (nSPS) is 14.5. The molecule has 0 atom stereocenters. The van der Waals surface area contributed by atoms with Gasteiger partial charge in [0.25, 0.3) is 0 Å². The molecule has 2 rings (SSSR count). The highest BCUT2D eigenvalue weighted by Crippen LogP contribution is 2.18. The molecular formula is C16H21N3O3. The number of nitrogens with zero attached hydrogens (tertiary/aromatic N) is 2. The highest BCUT2D eigenvalue weighted by atomic mass is 16.5. The minimum atomic E-state index is 0.156. The molecule has 1 amide bonds. The van der Waals surface area contributed by atoms with E-state index >= 15 is 0 Å². The largest absolute Gasteiger partial charge is 0.495 e. The zero-order chi connectivity index (χ0) is 15.8. The summed E-state index contributed by atoms with van der Waals surface area (Å²) in [4.78, 5) is 13.8. The second-order valence-corrected chi connectivity index (χ2v) is 5.07. The van der Waals surface area contributed by atoms with Gasteiger partial charge >= 0.3 is 0 Å². The third-order valence-electron chi connectivity index (χ3n) is 3.59. The van der Waals surface area contributed by atoms with E-state index < -0.39 is 0 Å². The average Bonchev–Trinajstić information content (AvgIpc) is 2.59. The molecule has 1 aromatic carbocycles. The number of amides is 1. The molecule has 0 bridgehead atoms. The Morgan fingerprint density at radius 3 is 2.91 bits per heavy atom. The molecule has 0 aliphatic carbocycles. The molecule has 1 aliphatic heterocycles. The quantitative estimate of drug-likeness (QED) is 0.791. The Hall–Kier alpha value is -2.10. The number of carbonyl (C=O) groups is 1. The maximum absolute atomic E-state index is 12.0. The third-order valence-corrected chi connectivity index (χ3v) is 3.59. The molecule has 22 heavy (non-hydrogen) atoms. The molecule has 1 aromatic rings. The number of nitrogens with one attached hydrogen (secondary N) is 1. The Kier molecular flexibility index (Phi) is 6.19. The van der Waals surface area contributed by atoms with Crippen LogP contribution in [0.5, 0.6) is 5.75 Å². The summed E-state index contributed by atoms with van der Waals surface area (Å²) in [6, 6.07) is 7.61. The maximum atomic E-state index is 12.0. The van der Waals surface area contributed by atoms with Gasteiger partial charge in [-0.25, -0.2) is 0 Å². The molecule has 0 unspecified atom stereocenters. The first kappa shape index (κ1) is 16.3. The van der Waals surface area contributed by atoms with Crippen LogP contribution in [0.2, 0.25) is 0 Å². The van der Waals surface area contributed by atoms with Crippen molar-refractivity contribution >= 4 is 5.91 Å². The standard InChI is InChI=1S/C16H21N3O3/c1-21-15-3-2-13(10-14(15)11-17)12-18-5-4-16(20)19-6-8-22-9-7-19/h2-3,10,18H,4-9,12H2,1H3. The van der Waals surface area contributed by atoms with Gasteiger partial charge in [-0.05, 0) is 17.7 Å². The maximum Gasteiger partial charge on any atom is 0.224 e. The van der Waals surface area contributed by atoms with Crippen molar-refractivity contribution in [2.45, 2.75) is 13.0 Å². The molecule has 1 saturated heterocycles. The summed E-state index contributed by atoms with van der Waals surface area (Å²) in [5.41, 5.74) is 1.52. The van der Waals surface area contributed by atoms with E-state index in [1.54, 1.807) is 19.2 Å². The van der Waals surface area contributed by atoms with Gasteiger partial charge in [0.1, 0.15) is 11.8 Å². The first-order valence-corrected chi connectivity index (χ1v) is 7.38. The van der Waals surface area contributed by atoms with Gasteiger partial charge in [0.15, 0.2) is 0 Å². The van der Waals surface area contributed by atoms with E-state index in [2.05, 4.69) is 11.4 Å². The van der Waals surface area contributed by atoms with E-state index in [1.165, 1.54) is 0 Å². The van der Waals surface area contributed by atoms with Gasteiger partial charge in [0.2, 0.25) is 5.91 Å². The van der Waals surface area contributed by atoms with Crippen molar-refractivity contribution in [2.75, 3.05) is 40.0 Å². The van der Waals surface area contributed by atoms with Gasteiger partial charge in [-0.15, -0.1) is 0 Å². The summed E-state index contributed by atoms with van der Waals surface area (Å²) in [7, 11) is 1.55. The van der Waals surface area contributed by atoms with E-state index in [-0.39, 0.29) is 5.91 Å². The molecule has 6 heteroatoms. The zero-order valence-electron chi connectivity index (χ0n) is 12.8. The molecule has 0 spiro atoms. The van der Waals surface area contributed by atoms with Gasteiger partial charge in [-0.2, -0.15) is 5.26 Å². The molecule has 6 nitrogen and oxygen atoms in total. The summed E-state index contributed by atoms with van der Waals surface area (Å²) >= 11 is 0. The molecule has 0 saturated carbocycles. The van der Waals surface area contributed by atoms with Crippen LogP contribution in [0.3, 0.4) is 0 Å². The highest BCUT2D eigenvalue weighted by molar-refractivity contribution is 5.76. The Labute approximate surface area is 130 Å². The lowest BCUT2D eigenvalue weighted by Crippen LogP contribution is -2.41. The first-order valence-electron chi connectivity index (χ1n) is 7.38. The molecule has 0 aromatic heterocycles. The topological polar surface area (TPSA) is 74.6 Å². The summed E-state index contributed by atoms with van der Waals surface area (Å²) in [5, 5.41) is 12.3. The second kappa shape index (κ2) is 8.37. The van der Waals surface area contributed by atoms with Crippen LogP contribution in [0.15, 0.2) is 18.2 Å². The predicted molar refractivity (Wildman–Crippen MR) is 81.4 cm³/mol. The van der Waals surface area contributed by atoms with Crippen LogP contribution in [0.4, 0.5) is 0 Å². The van der Waals surface area contributed by atoms with E-state index in [1.807, 2.05) is 11.0 Å². The molecule has 1 N–H and O–H groups in total. The Balaban J connectivity index is 1.74. The van der Waals surface area contributed by atoms with Crippen LogP contribution in [-0.2, 0) is 16.1 Å². The van der Waals surface area contributed by atoms with Crippen molar-refractivity contribution in [1.29, 1.82) is 5.26 Å². The smallest absolute Gasteiger partial charge is 0.224 e. The fraction of sp³-hybridized carbons (Fsp3) is 0.500. The monoisotopic (exact) mass is 303 g/mol. The third kappa shape index (κ3) is 4.45. The van der Waals surface area contributed by atoms with Crippen molar-refractivity contribution in [3.63, 3.8) is 0 Å². The van der Waals surface area contributed by atoms with E-state index in [4.69, 9.17) is 14.7 Å². The second-order valence-electron chi connectivity index (χ2n) is 5.07. The fourth-order valence-corrected chi connectivity index (χ4v) is 2.35. The van der Waals surface area contributed by atoms with Crippen molar-refractivity contribution in [3.05, 3.63) is 29.3 Å². The molecular weight excluding hydrogens is 282 g/mol. The Bertz CT molecular complexity index is 548. The molecule has 1 fully saturated rings. The van der Waals surface area contributed by atoms with Gasteiger partial charge in [-0.3, -0.25) is 4.79 Å². The SMILES string of the molecule is COc1ccc(CNCCC(=O)N2CCOCC2)cc1C#N. The van der Waals surface area contributed by atoms with Crippen molar-refractivity contribution in [3.8, 4) is 11.8 Å². The molecule has 118 valence electrons. The van der Waals surface area contributed by atoms with Gasteiger partial charge < -0.3 is 19.7 Å². The van der Waals surface area contributed by atoms with Crippen molar-refractivity contribution < 1.29 is 14.3 Å². The number of ether oxygens (including phenoxy) is 2.